The first kappa shape index (κ1) is 9.67. The molecule has 0 atom stereocenters. The topological polar surface area (TPSA) is 66.0 Å². The number of nitrogens with one attached hydrogen (secondary N) is 1. The first-order valence-corrected chi connectivity index (χ1v) is 4.09. The van der Waals surface area contributed by atoms with E-state index >= 15 is 0 Å². The van der Waals surface area contributed by atoms with Gasteiger partial charge in [0.1, 0.15) is 5.84 Å². The van der Waals surface area contributed by atoms with Crippen LogP contribution in [0.1, 0.15) is 5.56 Å². The Morgan fingerprint density at radius 1 is 1.54 bits per heavy atom. The van der Waals surface area contributed by atoms with Crippen molar-refractivity contribution in [3.05, 3.63) is 30.1 Å². The first-order chi connectivity index (χ1) is 6.18. The van der Waals surface area contributed by atoms with Crippen LogP contribution >= 0.6 is 0 Å². The standard InChI is InChI=1S/C9H14N4/c1-13(7-9(10)11)6-8-2-4-12-5-3-8/h2-5H,6-7H2,1H3,(H3,10,11). The zero-order valence-corrected chi connectivity index (χ0v) is 7.70. The summed E-state index contributed by atoms with van der Waals surface area (Å²) in [5, 5.41) is 7.11. The van der Waals surface area contributed by atoms with Gasteiger partial charge in [-0.15, -0.1) is 0 Å². The number of likely N-dealkylation sites (N-methyl/N-ethyl adjacent to an activating group) is 1. The van der Waals surface area contributed by atoms with Crippen LogP contribution in [-0.2, 0) is 6.54 Å². The van der Waals surface area contributed by atoms with Crippen LogP contribution in [0.3, 0.4) is 0 Å². The van der Waals surface area contributed by atoms with Crippen LogP contribution in [0.5, 0.6) is 0 Å². The van der Waals surface area contributed by atoms with E-state index < -0.39 is 0 Å². The number of nitrogens with zero attached hydrogens (tertiary/aromatic N) is 2. The Morgan fingerprint density at radius 3 is 2.69 bits per heavy atom. The maximum atomic E-state index is 7.11. The normalized spacial score (nSPS) is 10.3. The van der Waals surface area contributed by atoms with Crippen LogP contribution in [-0.4, -0.2) is 29.3 Å². The van der Waals surface area contributed by atoms with Crippen LogP contribution in [0.4, 0.5) is 0 Å². The summed E-state index contributed by atoms with van der Waals surface area (Å²) in [6, 6.07) is 3.91. The smallest absolute Gasteiger partial charge is 0.105 e. The molecule has 0 unspecified atom stereocenters. The molecule has 3 N–H and O–H groups in total. The largest absolute Gasteiger partial charge is 0.387 e. The first-order valence-electron chi connectivity index (χ1n) is 4.09. The van der Waals surface area contributed by atoms with Gasteiger partial charge in [0.15, 0.2) is 0 Å². The zero-order chi connectivity index (χ0) is 9.68. The average molecular weight is 178 g/mol. The van der Waals surface area contributed by atoms with E-state index in [4.69, 9.17) is 11.1 Å². The molecular formula is C9H14N4. The Balaban J connectivity index is 2.45. The van der Waals surface area contributed by atoms with E-state index in [2.05, 4.69) is 4.98 Å². The lowest BCUT2D eigenvalue weighted by Crippen LogP contribution is -2.29. The summed E-state index contributed by atoms with van der Waals surface area (Å²) in [5.41, 5.74) is 6.46. The van der Waals surface area contributed by atoms with E-state index in [1.807, 2.05) is 24.1 Å². The van der Waals surface area contributed by atoms with Gasteiger partial charge in [-0.3, -0.25) is 15.3 Å². The van der Waals surface area contributed by atoms with Gasteiger partial charge < -0.3 is 5.73 Å². The molecule has 70 valence electrons. The van der Waals surface area contributed by atoms with E-state index in [0.29, 0.717) is 6.54 Å². The minimum atomic E-state index is 0.191. The minimum Gasteiger partial charge on any atom is -0.387 e. The van der Waals surface area contributed by atoms with Crippen molar-refractivity contribution < 1.29 is 0 Å². The molecule has 1 heterocycles. The van der Waals surface area contributed by atoms with Crippen molar-refractivity contribution in [2.45, 2.75) is 6.54 Å². The van der Waals surface area contributed by atoms with Crippen molar-refractivity contribution >= 4 is 5.84 Å². The molecule has 0 aliphatic heterocycles. The number of pyridine rings is 1. The summed E-state index contributed by atoms with van der Waals surface area (Å²) in [5.74, 6) is 0.191. The van der Waals surface area contributed by atoms with Crippen molar-refractivity contribution in [3.63, 3.8) is 0 Å². The average Bonchev–Trinajstić information content (AvgIpc) is 2.04. The fourth-order valence-corrected chi connectivity index (χ4v) is 1.15. The second-order valence-electron chi connectivity index (χ2n) is 3.05. The molecule has 0 amide bonds. The SMILES string of the molecule is CN(CC(=N)N)Cc1ccncc1. The second kappa shape index (κ2) is 4.57. The molecule has 0 bridgehead atoms. The van der Waals surface area contributed by atoms with Gasteiger partial charge in [0, 0.05) is 18.9 Å². The van der Waals surface area contributed by atoms with Gasteiger partial charge in [-0.25, -0.2) is 0 Å². The van der Waals surface area contributed by atoms with Crippen molar-refractivity contribution in [1.29, 1.82) is 5.41 Å². The molecule has 0 saturated heterocycles. The van der Waals surface area contributed by atoms with Gasteiger partial charge in [-0.1, -0.05) is 0 Å². The van der Waals surface area contributed by atoms with E-state index in [9.17, 15) is 0 Å². The van der Waals surface area contributed by atoms with Gasteiger partial charge in [-0.2, -0.15) is 0 Å². The van der Waals surface area contributed by atoms with Crippen molar-refractivity contribution in [3.8, 4) is 0 Å². The highest BCUT2D eigenvalue weighted by molar-refractivity contribution is 5.78. The van der Waals surface area contributed by atoms with E-state index in [1.165, 1.54) is 5.56 Å². The molecule has 13 heavy (non-hydrogen) atoms. The highest BCUT2D eigenvalue weighted by atomic mass is 15.1. The van der Waals surface area contributed by atoms with Crippen LogP contribution < -0.4 is 5.73 Å². The quantitative estimate of drug-likeness (QED) is 0.519. The molecule has 0 aliphatic rings. The van der Waals surface area contributed by atoms with E-state index in [-0.39, 0.29) is 5.84 Å². The molecule has 0 fully saturated rings. The van der Waals surface area contributed by atoms with Crippen molar-refractivity contribution in [1.82, 2.24) is 9.88 Å². The molecule has 0 aliphatic carbocycles. The number of aromatic nitrogens is 1. The maximum Gasteiger partial charge on any atom is 0.105 e. The second-order valence-corrected chi connectivity index (χ2v) is 3.05. The van der Waals surface area contributed by atoms with Crippen LogP contribution in [0, 0.1) is 5.41 Å². The molecular weight excluding hydrogens is 164 g/mol. The third-order valence-electron chi connectivity index (χ3n) is 1.64. The van der Waals surface area contributed by atoms with Gasteiger partial charge in [-0.05, 0) is 24.7 Å². The Labute approximate surface area is 77.9 Å². The number of hydrogen-bond acceptors (Lipinski definition) is 3. The number of amidine groups is 1. The van der Waals surface area contributed by atoms with E-state index in [0.717, 1.165) is 6.54 Å². The molecule has 4 nitrogen and oxygen atoms in total. The Kier molecular flexibility index (Phi) is 3.40. The zero-order valence-electron chi connectivity index (χ0n) is 7.70. The minimum absolute atomic E-state index is 0.191. The van der Waals surface area contributed by atoms with E-state index in [1.54, 1.807) is 12.4 Å². The van der Waals surface area contributed by atoms with Crippen LogP contribution in [0.2, 0.25) is 0 Å². The third kappa shape index (κ3) is 3.66. The predicted molar refractivity (Wildman–Crippen MR) is 52.5 cm³/mol. The van der Waals surface area contributed by atoms with Gasteiger partial charge in [0.25, 0.3) is 0 Å². The summed E-state index contributed by atoms with van der Waals surface area (Å²) in [6.45, 7) is 1.30. The highest BCUT2D eigenvalue weighted by Gasteiger charge is 2.00. The van der Waals surface area contributed by atoms with Crippen molar-refractivity contribution in [2.75, 3.05) is 13.6 Å². The highest BCUT2D eigenvalue weighted by Crippen LogP contribution is 1.99. The summed E-state index contributed by atoms with van der Waals surface area (Å²) in [4.78, 5) is 5.91. The summed E-state index contributed by atoms with van der Waals surface area (Å²) >= 11 is 0. The number of hydrogen-bond donors (Lipinski definition) is 2. The fraction of sp³-hybridized carbons (Fsp3) is 0.333. The van der Waals surface area contributed by atoms with Crippen LogP contribution in [0.15, 0.2) is 24.5 Å². The lowest BCUT2D eigenvalue weighted by molar-refractivity contribution is 0.372. The summed E-state index contributed by atoms with van der Waals surface area (Å²) < 4.78 is 0. The van der Waals surface area contributed by atoms with Gasteiger partial charge >= 0.3 is 0 Å². The Hall–Kier alpha value is -1.42. The number of nitrogens with two attached hydrogens (primary N) is 1. The fourth-order valence-electron chi connectivity index (χ4n) is 1.15. The molecule has 1 rings (SSSR count). The lowest BCUT2D eigenvalue weighted by atomic mass is 10.2. The molecule has 0 radical (unpaired) electrons. The lowest BCUT2D eigenvalue weighted by Gasteiger charge is -2.14. The van der Waals surface area contributed by atoms with Gasteiger partial charge in [0.2, 0.25) is 0 Å². The number of rotatable bonds is 4. The van der Waals surface area contributed by atoms with Crippen molar-refractivity contribution in [2.24, 2.45) is 5.73 Å². The molecule has 0 aromatic carbocycles. The summed E-state index contributed by atoms with van der Waals surface area (Å²) in [7, 11) is 1.93. The predicted octanol–water partition coefficient (Wildman–Crippen LogP) is 0.449. The summed E-state index contributed by atoms with van der Waals surface area (Å²) in [6.07, 6.45) is 3.52. The molecule has 0 spiro atoms. The molecule has 1 aromatic heterocycles. The van der Waals surface area contributed by atoms with Gasteiger partial charge in [0.05, 0.1) is 6.54 Å². The van der Waals surface area contributed by atoms with Crippen LogP contribution in [0.25, 0.3) is 0 Å². The molecule has 0 saturated carbocycles. The third-order valence-corrected chi connectivity index (χ3v) is 1.64. The molecule has 1 aromatic rings. The Bertz CT molecular complexity index is 270. The molecule has 4 heteroatoms. The Morgan fingerprint density at radius 2 is 2.15 bits per heavy atom. The monoisotopic (exact) mass is 178 g/mol. The maximum absolute atomic E-state index is 7.11.